The van der Waals surface area contributed by atoms with Crippen molar-refractivity contribution in [2.24, 2.45) is 11.1 Å². The fourth-order valence-corrected chi connectivity index (χ4v) is 4.63. The number of nitrogens with two attached hydrogens (primary N) is 1. The average molecular weight is 467 g/mol. The van der Waals surface area contributed by atoms with Gasteiger partial charge in [-0.2, -0.15) is 0 Å². The van der Waals surface area contributed by atoms with Gasteiger partial charge < -0.3 is 15.8 Å². The lowest BCUT2D eigenvalue weighted by atomic mass is 9.71. The minimum absolute atomic E-state index is 0. The van der Waals surface area contributed by atoms with Crippen molar-refractivity contribution in [2.75, 3.05) is 39.4 Å². The predicted molar refractivity (Wildman–Crippen MR) is 123 cm³/mol. The lowest BCUT2D eigenvalue weighted by Crippen LogP contribution is -2.45. The molecule has 1 aliphatic carbocycles. The van der Waals surface area contributed by atoms with Crippen molar-refractivity contribution in [1.29, 1.82) is 0 Å². The molecule has 2 aliphatic rings. The number of carbonyl (C=O) groups is 1. The number of nitrogens with one attached hydrogen (secondary N) is 1. The molecule has 3 N–H and O–H groups in total. The summed E-state index contributed by atoms with van der Waals surface area (Å²) in [5.41, 5.74) is 7.18. The summed E-state index contributed by atoms with van der Waals surface area (Å²) in [6.45, 7) is 4.35. The van der Waals surface area contributed by atoms with Crippen LogP contribution >= 0.6 is 36.4 Å². The first-order valence-electron chi connectivity index (χ1n) is 10.2. The number of halogens is 3. The first kappa shape index (κ1) is 26.5. The summed E-state index contributed by atoms with van der Waals surface area (Å²) in [5, 5.41) is 3.91. The molecule has 1 amide bonds. The molecule has 1 aliphatic heterocycles. The highest BCUT2D eigenvalue weighted by Gasteiger charge is 2.33. The van der Waals surface area contributed by atoms with Gasteiger partial charge in [-0.1, -0.05) is 43.0 Å². The lowest BCUT2D eigenvalue weighted by Gasteiger charge is -2.37. The van der Waals surface area contributed by atoms with E-state index < -0.39 is 0 Å². The smallest absolute Gasteiger partial charge is 0.220 e. The molecular formula is C21H34Cl3N3O2. The topological polar surface area (TPSA) is 67.6 Å². The zero-order valence-electron chi connectivity index (χ0n) is 16.9. The number of nitrogens with zero attached hydrogens (tertiary/aromatic N) is 1. The summed E-state index contributed by atoms with van der Waals surface area (Å²) in [4.78, 5) is 15.1. The summed E-state index contributed by atoms with van der Waals surface area (Å²) >= 11 is 6.21. The number of rotatable bonds is 7. The second-order valence-electron chi connectivity index (χ2n) is 7.96. The van der Waals surface area contributed by atoms with Crippen LogP contribution in [0.4, 0.5) is 0 Å². The molecule has 0 aromatic heterocycles. The first-order valence-corrected chi connectivity index (χ1v) is 10.5. The Morgan fingerprint density at radius 2 is 1.90 bits per heavy atom. The number of benzene rings is 1. The van der Waals surface area contributed by atoms with Crippen LogP contribution in [0, 0.1) is 5.41 Å². The van der Waals surface area contributed by atoms with Gasteiger partial charge in [0, 0.05) is 31.1 Å². The number of hydrogen-bond donors (Lipinski definition) is 2. The quantitative estimate of drug-likeness (QED) is 0.638. The molecule has 5 nitrogen and oxygen atoms in total. The van der Waals surface area contributed by atoms with Crippen LogP contribution in [0.5, 0.6) is 0 Å². The first-order chi connectivity index (χ1) is 13.1. The monoisotopic (exact) mass is 465 g/mol. The van der Waals surface area contributed by atoms with Crippen molar-refractivity contribution in [3.63, 3.8) is 0 Å². The fourth-order valence-electron chi connectivity index (χ4n) is 4.43. The normalized spacial score (nSPS) is 20.1. The highest BCUT2D eigenvalue weighted by molar-refractivity contribution is 6.30. The van der Waals surface area contributed by atoms with Crippen molar-refractivity contribution >= 4 is 42.3 Å². The second-order valence-corrected chi connectivity index (χ2v) is 8.40. The Bertz CT molecular complexity index is 621. The molecular weight excluding hydrogens is 433 g/mol. The maximum Gasteiger partial charge on any atom is 0.220 e. The molecule has 29 heavy (non-hydrogen) atoms. The van der Waals surface area contributed by atoms with E-state index in [0.717, 1.165) is 49.7 Å². The van der Waals surface area contributed by atoms with Gasteiger partial charge in [-0.05, 0) is 42.5 Å². The summed E-state index contributed by atoms with van der Waals surface area (Å²) in [7, 11) is 0. The van der Waals surface area contributed by atoms with E-state index in [1.54, 1.807) is 0 Å². The molecule has 1 atom stereocenters. The van der Waals surface area contributed by atoms with Crippen molar-refractivity contribution in [3.8, 4) is 0 Å². The van der Waals surface area contributed by atoms with Crippen LogP contribution < -0.4 is 11.1 Å². The van der Waals surface area contributed by atoms with Crippen LogP contribution in [0.3, 0.4) is 0 Å². The zero-order chi connectivity index (χ0) is 19.1. The largest absolute Gasteiger partial charge is 0.379 e. The van der Waals surface area contributed by atoms with E-state index in [-0.39, 0.29) is 42.2 Å². The van der Waals surface area contributed by atoms with Gasteiger partial charge in [0.05, 0.1) is 19.3 Å². The highest BCUT2D eigenvalue weighted by Crippen LogP contribution is 2.38. The zero-order valence-corrected chi connectivity index (χ0v) is 19.3. The van der Waals surface area contributed by atoms with Crippen molar-refractivity contribution < 1.29 is 9.53 Å². The predicted octanol–water partition coefficient (Wildman–Crippen LogP) is 3.97. The van der Waals surface area contributed by atoms with Crippen LogP contribution in [0.2, 0.25) is 5.02 Å². The third kappa shape index (κ3) is 7.57. The van der Waals surface area contributed by atoms with Crippen molar-refractivity contribution in [1.82, 2.24) is 10.2 Å². The summed E-state index contributed by atoms with van der Waals surface area (Å²) in [6.07, 6.45) is 6.30. The number of amides is 1. The van der Waals surface area contributed by atoms with Gasteiger partial charge in [-0.15, -0.1) is 24.8 Å². The molecule has 2 fully saturated rings. The van der Waals surface area contributed by atoms with E-state index >= 15 is 0 Å². The van der Waals surface area contributed by atoms with E-state index in [1.165, 1.54) is 19.3 Å². The molecule has 1 aromatic rings. The Labute approximate surface area is 191 Å². The Morgan fingerprint density at radius 1 is 1.21 bits per heavy atom. The number of carbonyl (C=O) groups excluding carboxylic acids is 1. The highest BCUT2D eigenvalue weighted by atomic mass is 35.5. The molecule has 1 heterocycles. The van der Waals surface area contributed by atoms with Gasteiger partial charge >= 0.3 is 0 Å². The van der Waals surface area contributed by atoms with Gasteiger partial charge in [0.25, 0.3) is 0 Å². The van der Waals surface area contributed by atoms with E-state index in [1.807, 2.05) is 18.2 Å². The Kier molecular flexibility index (Phi) is 11.9. The minimum Gasteiger partial charge on any atom is -0.379 e. The van der Waals surface area contributed by atoms with Crippen LogP contribution in [-0.4, -0.2) is 50.2 Å². The molecule has 1 saturated carbocycles. The van der Waals surface area contributed by atoms with Crippen molar-refractivity contribution in [2.45, 2.75) is 44.6 Å². The number of hydrogen-bond acceptors (Lipinski definition) is 4. The van der Waals surface area contributed by atoms with Crippen molar-refractivity contribution in [3.05, 3.63) is 34.9 Å². The van der Waals surface area contributed by atoms with Gasteiger partial charge in [-0.25, -0.2) is 0 Å². The molecule has 1 saturated heterocycles. The third-order valence-corrected chi connectivity index (χ3v) is 6.33. The van der Waals surface area contributed by atoms with Crippen LogP contribution in [0.15, 0.2) is 24.3 Å². The molecule has 3 rings (SSSR count). The SMILES string of the molecule is Cl.Cl.NCC1(CC(=O)NCC(c2cccc(Cl)c2)N2CCOCC2)CCCCC1. The van der Waals surface area contributed by atoms with Crippen LogP contribution in [0.1, 0.15) is 50.1 Å². The van der Waals surface area contributed by atoms with E-state index in [2.05, 4.69) is 16.3 Å². The average Bonchev–Trinajstić information content (AvgIpc) is 2.70. The molecule has 166 valence electrons. The summed E-state index contributed by atoms with van der Waals surface area (Å²) in [6, 6.07) is 8.04. The Balaban J connectivity index is 0.00000210. The molecule has 8 heteroatoms. The maximum atomic E-state index is 12.7. The minimum atomic E-state index is -0.00709. The number of morpholine rings is 1. The van der Waals surface area contributed by atoms with Gasteiger partial charge in [-0.3, -0.25) is 9.69 Å². The third-order valence-electron chi connectivity index (χ3n) is 6.10. The standard InChI is InChI=1S/C21H32ClN3O2.2ClH/c22-18-6-4-5-17(13-18)19(25-9-11-27-12-10-25)15-24-20(26)14-21(16-23)7-2-1-3-8-21;;/h4-6,13,19H,1-3,7-12,14-16,23H2,(H,24,26);2*1H. The van der Waals surface area contributed by atoms with Gasteiger partial charge in [0.1, 0.15) is 0 Å². The fraction of sp³-hybridized carbons (Fsp3) is 0.667. The number of ether oxygens (including phenoxy) is 1. The van der Waals surface area contributed by atoms with Crippen LogP contribution in [0.25, 0.3) is 0 Å². The molecule has 1 unspecified atom stereocenters. The van der Waals surface area contributed by atoms with Gasteiger partial charge in [0.15, 0.2) is 0 Å². The maximum absolute atomic E-state index is 12.7. The van der Waals surface area contributed by atoms with Crippen LogP contribution in [-0.2, 0) is 9.53 Å². The molecule has 0 bridgehead atoms. The molecule has 0 spiro atoms. The second kappa shape index (κ2) is 13.0. The Hall–Kier alpha value is -0.560. The lowest BCUT2D eigenvalue weighted by molar-refractivity contribution is -0.124. The summed E-state index contributed by atoms with van der Waals surface area (Å²) in [5.74, 6) is 0.114. The van der Waals surface area contributed by atoms with E-state index in [9.17, 15) is 4.79 Å². The Morgan fingerprint density at radius 3 is 2.52 bits per heavy atom. The van der Waals surface area contributed by atoms with Gasteiger partial charge in [0.2, 0.25) is 5.91 Å². The van der Waals surface area contributed by atoms with E-state index in [4.69, 9.17) is 22.1 Å². The molecule has 0 radical (unpaired) electrons. The van der Waals surface area contributed by atoms with E-state index in [0.29, 0.717) is 19.5 Å². The summed E-state index contributed by atoms with van der Waals surface area (Å²) < 4.78 is 5.49. The molecule has 1 aromatic carbocycles.